The predicted molar refractivity (Wildman–Crippen MR) is 441 cm³/mol. The molecule has 0 spiro atoms. The number of nitrogens with zero attached hydrogens (tertiary/aromatic N) is 12. The van der Waals surface area contributed by atoms with Crippen LogP contribution in [-0.4, -0.2) is 75.3 Å². The summed E-state index contributed by atoms with van der Waals surface area (Å²) in [6, 6.07) is 82.8. The molecule has 15 rings (SSSR count). The van der Waals surface area contributed by atoms with Crippen LogP contribution in [0.3, 0.4) is 0 Å². The lowest BCUT2D eigenvalue weighted by Crippen LogP contribution is -2.24. The minimum atomic E-state index is -0.435. The van der Waals surface area contributed by atoms with E-state index in [4.69, 9.17) is 35.3 Å². The minimum Gasteiger partial charge on any atom is -0.505 e. The van der Waals surface area contributed by atoms with Crippen LogP contribution in [0.25, 0.3) is 84.3 Å². The molecule has 0 fully saturated rings. The molecule has 11 aromatic carbocycles. The predicted octanol–water partition coefficient (Wildman–Crippen LogP) is 22.2. The zero-order valence-electron chi connectivity index (χ0n) is 64.0. The lowest BCUT2D eigenvalue weighted by molar-refractivity contribution is 0.444. The molecular weight excluding hydrogens is 1350 g/mol. The van der Waals surface area contributed by atoms with Crippen LogP contribution in [0, 0.1) is 13.8 Å². The van der Waals surface area contributed by atoms with Crippen molar-refractivity contribution in [2.75, 3.05) is 0 Å². The van der Waals surface area contributed by atoms with Crippen molar-refractivity contribution in [2.45, 2.75) is 163 Å². The molecule has 0 saturated heterocycles. The summed E-state index contributed by atoms with van der Waals surface area (Å²) in [4.78, 5) is 18.9. The van der Waals surface area contributed by atoms with Crippen LogP contribution in [-0.2, 0) is 30.1 Å². The number of phenols is 3. The number of hydrogen-bond acceptors (Lipinski definition) is 12. The summed E-state index contributed by atoms with van der Waals surface area (Å²) in [7, 11) is 0. The molecule has 0 aliphatic carbocycles. The fourth-order valence-corrected chi connectivity index (χ4v) is 14.3. The zero-order chi connectivity index (χ0) is 75.9. The van der Waals surface area contributed by atoms with Gasteiger partial charge in [-0.15, -0.1) is 45.0 Å². The SMILES string of the molecule is CC(C)(c1ccccc1)c1cc(-n2nc3ccccc3n2)c(O)c(C(C)(C)c2ccccc2)c1.CCCCCCCCc1cc(Cc2cc(CCCCCCCC)cc(-n3nc4ccccc4n3)c2O)c(O)c(-n2nc3ccccc3n2)c1.Cc1ccc(-c2nc(-c3ccccc3)nc(-c3ccccc3)n2)c(C)c1. The van der Waals surface area contributed by atoms with Crippen molar-refractivity contribution in [2.24, 2.45) is 0 Å². The summed E-state index contributed by atoms with van der Waals surface area (Å²) < 4.78 is 0. The first-order valence-corrected chi connectivity index (χ1v) is 38.6. The van der Waals surface area contributed by atoms with E-state index in [1.54, 1.807) is 14.4 Å². The summed E-state index contributed by atoms with van der Waals surface area (Å²) in [5.74, 6) is 2.52. The second-order valence-electron chi connectivity index (χ2n) is 29.6. The van der Waals surface area contributed by atoms with Gasteiger partial charge in [0, 0.05) is 50.6 Å². The molecule has 4 aromatic heterocycles. The molecule has 4 heterocycles. The standard InChI is InChI=1S/C41H50N6O2.C30H29N3O.C23H19N3/c1-3-5-7-9-11-13-19-30-25-32(40(48)38(27-30)46-42-34-21-15-16-22-35(34)43-46)29-33-26-31(20-14-12-10-8-6-4-2)28-39(41(33)49)47-44-36-23-17-18-24-37(36)45-47;1-29(2,21-13-7-5-8-14-21)23-19-24(30(3,4)22-15-9-6-10-16-22)28(34)27(20-23)33-31-25-17-11-12-18-26(25)32-33;1-16-13-14-20(17(2)15-16)23-25-21(18-9-5-3-6-10-18)24-22(26-23)19-11-7-4-8-12-19/h15-18,21-28,48-49H,3-14,19-20,29H2,1-2H3;5-20,34H,1-4H3;3-15H,1-2H3. The molecule has 0 aliphatic rings. The van der Waals surface area contributed by atoms with Crippen LogP contribution in [0.1, 0.15) is 174 Å². The lowest BCUT2D eigenvalue weighted by atomic mass is 9.72. The fraction of sp³-hybridized carbons (Fsp3) is 0.266. The van der Waals surface area contributed by atoms with E-state index in [-0.39, 0.29) is 22.7 Å². The number of benzene rings is 11. The van der Waals surface area contributed by atoms with E-state index < -0.39 is 5.41 Å². The van der Waals surface area contributed by atoms with E-state index in [9.17, 15) is 15.3 Å². The maximum atomic E-state index is 11.8. The molecule has 15 aromatic rings. The number of hydrogen-bond donors (Lipinski definition) is 3. The van der Waals surface area contributed by atoms with Crippen molar-refractivity contribution in [3.05, 3.63) is 304 Å². The second-order valence-corrected chi connectivity index (χ2v) is 29.6. The Morgan fingerprint density at radius 2 is 0.670 bits per heavy atom. The summed E-state index contributed by atoms with van der Waals surface area (Å²) in [5, 5.41) is 63.4. The van der Waals surface area contributed by atoms with Gasteiger partial charge in [0.05, 0.1) is 0 Å². The van der Waals surface area contributed by atoms with E-state index in [0.29, 0.717) is 41.0 Å². The van der Waals surface area contributed by atoms with Gasteiger partial charge >= 0.3 is 0 Å². The van der Waals surface area contributed by atoms with Crippen molar-refractivity contribution in [3.63, 3.8) is 0 Å². The number of unbranched alkanes of at least 4 members (excludes halogenated alkanes) is 10. The van der Waals surface area contributed by atoms with Gasteiger partial charge in [-0.3, -0.25) is 0 Å². The second kappa shape index (κ2) is 34.7. The van der Waals surface area contributed by atoms with Crippen LogP contribution in [0.5, 0.6) is 17.2 Å². The number of phenolic OH excluding ortho intramolecular Hbond substituents is 3. The quantitative estimate of drug-likeness (QED) is 0.0435. The number of fused-ring (bicyclic) bond motifs is 3. The lowest BCUT2D eigenvalue weighted by Gasteiger charge is -2.32. The Kier molecular flexibility index (Phi) is 24.0. The Morgan fingerprint density at radius 1 is 0.321 bits per heavy atom. The van der Waals surface area contributed by atoms with Gasteiger partial charge in [0.2, 0.25) is 0 Å². The number of rotatable bonds is 26. The van der Waals surface area contributed by atoms with Crippen molar-refractivity contribution < 1.29 is 15.3 Å². The highest BCUT2D eigenvalue weighted by molar-refractivity contribution is 5.76. The smallest absolute Gasteiger partial charge is 0.164 e. The Morgan fingerprint density at radius 3 is 1.06 bits per heavy atom. The van der Waals surface area contributed by atoms with Crippen molar-refractivity contribution >= 4 is 33.1 Å². The number of aryl methyl sites for hydroxylation is 4. The Labute approximate surface area is 640 Å². The Balaban J connectivity index is 0.000000152. The summed E-state index contributed by atoms with van der Waals surface area (Å²) in [6.07, 6.45) is 16.6. The minimum absolute atomic E-state index is 0.122. The van der Waals surface area contributed by atoms with Gasteiger partial charge in [-0.1, -0.05) is 305 Å². The number of aromatic nitrogens is 12. The highest BCUT2D eigenvalue weighted by atomic mass is 16.3. The van der Waals surface area contributed by atoms with Gasteiger partial charge in [0.1, 0.15) is 67.4 Å². The highest BCUT2D eigenvalue weighted by Crippen LogP contribution is 2.45. The molecule has 552 valence electrons. The summed E-state index contributed by atoms with van der Waals surface area (Å²) >= 11 is 0. The maximum Gasteiger partial charge on any atom is 0.164 e. The van der Waals surface area contributed by atoms with Crippen LogP contribution in [0.15, 0.2) is 249 Å². The van der Waals surface area contributed by atoms with E-state index in [1.807, 2.05) is 176 Å². The largest absolute Gasteiger partial charge is 0.505 e. The normalized spacial score (nSPS) is 11.6. The van der Waals surface area contributed by atoms with Gasteiger partial charge in [0.15, 0.2) is 17.5 Å². The van der Waals surface area contributed by atoms with Crippen molar-refractivity contribution in [1.82, 2.24) is 59.9 Å². The van der Waals surface area contributed by atoms with E-state index >= 15 is 0 Å². The molecule has 0 unspecified atom stereocenters. The van der Waals surface area contributed by atoms with E-state index in [2.05, 4.69) is 138 Å². The Bertz CT molecular complexity index is 5240. The molecule has 0 bridgehead atoms. The first-order valence-electron chi connectivity index (χ1n) is 38.6. The highest BCUT2D eigenvalue weighted by Gasteiger charge is 2.33. The molecular formula is C94H98N12O3. The average Bonchev–Trinajstić information content (AvgIpc) is 1.89. The van der Waals surface area contributed by atoms with Crippen molar-refractivity contribution in [1.29, 1.82) is 0 Å². The average molecular weight is 1440 g/mol. The van der Waals surface area contributed by atoms with Gasteiger partial charge in [-0.25, -0.2) is 15.0 Å². The van der Waals surface area contributed by atoms with Crippen LogP contribution in [0.2, 0.25) is 0 Å². The molecule has 109 heavy (non-hydrogen) atoms. The molecule has 0 aliphatic heterocycles. The molecule has 0 saturated carbocycles. The third-order valence-corrected chi connectivity index (χ3v) is 20.8. The maximum absolute atomic E-state index is 11.8. The molecule has 0 radical (unpaired) electrons. The van der Waals surface area contributed by atoms with Crippen LogP contribution >= 0.6 is 0 Å². The first kappa shape index (κ1) is 75.3. The molecule has 0 atom stereocenters. The van der Waals surface area contributed by atoms with Gasteiger partial charge in [-0.05, 0) is 128 Å². The van der Waals surface area contributed by atoms with E-state index in [1.165, 1.54) is 75.3 Å². The third kappa shape index (κ3) is 17.9. The first-order chi connectivity index (χ1) is 53.0. The third-order valence-electron chi connectivity index (χ3n) is 20.8. The Hall–Kier alpha value is -12.0. The van der Waals surface area contributed by atoms with Gasteiger partial charge < -0.3 is 15.3 Å². The number of aromatic hydroxyl groups is 3. The van der Waals surface area contributed by atoms with Crippen LogP contribution in [0.4, 0.5) is 0 Å². The molecule has 3 N–H and O–H groups in total. The molecule has 0 amide bonds. The monoisotopic (exact) mass is 1440 g/mol. The summed E-state index contributed by atoms with van der Waals surface area (Å²) in [6.45, 7) is 17.4. The van der Waals surface area contributed by atoms with E-state index in [0.717, 1.165) is 120 Å². The summed E-state index contributed by atoms with van der Waals surface area (Å²) in [5.41, 5.74) is 19.0. The topological polar surface area (TPSA) is 191 Å². The zero-order valence-corrected chi connectivity index (χ0v) is 64.0. The molecule has 15 nitrogen and oxygen atoms in total. The van der Waals surface area contributed by atoms with Crippen molar-refractivity contribution in [3.8, 4) is 68.5 Å². The van der Waals surface area contributed by atoms with Gasteiger partial charge in [0.25, 0.3) is 0 Å². The van der Waals surface area contributed by atoms with Gasteiger partial charge in [-0.2, -0.15) is 0 Å². The van der Waals surface area contributed by atoms with Crippen LogP contribution < -0.4 is 0 Å². The fourth-order valence-electron chi connectivity index (χ4n) is 14.3. The molecule has 15 heteroatoms.